The Kier molecular flexibility index (Phi) is 4.88. The van der Waals surface area contributed by atoms with Crippen LogP contribution in [0.4, 0.5) is 0 Å². The van der Waals surface area contributed by atoms with Crippen LogP contribution in [-0.4, -0.2) is 22.2 Å². The normalized spacial score (nSPS) is 10.8. The molecule has 4 aromatic rings. The van der Waals surface area contributed by atoms with E-state index in [0.29, 0.717) is 34.3 Å². The van der Waals surface area contributed by atoms with Crippen LogP contribution >= 0.6 is 15.9 Å². The second kappa shape index (κ2) is 7.48. The van der Waals surface area contributed by atoms with Crippen LogP contribution in [0.3, 0.4) is 0 Å². The van der Waals surface area contributed by atoms with Crippen molar-refractivity contribution in [2.24, 2.45) is 0 Å². The molecule has 0 unspecified atom stereocenters. The van der Waals surface area contributed by atoms with Crippen LogP contribution < -0.4 is 9.47 Å². The standard InChI is InChI=1S/C22H17BrN2O3/c1-13-10-11-18(16(23)12-13)28-22-14-6-3-4-8-17(14)24-21(25-22)15-7-5-9-19(27-2)20(15)26/h3-12,26H,1-2H3. The summed E-state index contributed by atoms with van der Waals surface area (Å²) in [6.45, 7) is 2.01. The number of halogens is 1. The molecular weight excluding hydrogens is 420 g/mol. The number of hydrogen-bond acceptors (Lipinski definition) is 5. The predicted molar refractivity (Wildman–Crippen MR) is 112 cm³/mol. The van der Waals surface area contributed by atoms with Crippen LogP contribution in [0.15, 0.2) is 65.1 Å². The fraction of sp³-hybridized carbons (Fsp3) is 0.0909. The summed E-state index contributed by atoms with van der Waals surface area (Å²) in [6, 6.07) is 18.6. The number of fused-ring (bicyclic) bond motifs is 1. The lowest BCUT2D eigenvalue weighted by atomic mass is 10.1. The van der Waals surface area contributed by atoms with E-state index in [1.165, 1.54) is 7.11 Å². The van der Waals surface area contributed by atoms with Gasteiger partial charge in [0.1, 0.15) is 5.75 Å². The molecule has 6 heteroatoms. The van der Waals surface area contributed by atoms with Gasteiger partial charge in [0, 0.05) is 0 Å². The molecule has 5 nitrogen and oxygen atoms in total. The first-order valence-corrected chi connectivity index (χ1v) is 9.43. The van der Waals surface area contributed by atoms with Gasteiger partial charge in [0.2, 0.25) is 5.88 Å². The summed E-state index contributed by atoms with van der Waals surface area (Å²) in [5.41, 5.74) is 2.31. The zero-order chi connectivity index (χ0) is 19.7. The van der Waals surface area contributed by atoms with Gasteiger partial charge in [-0.15, -0.1) is 0 Å². The van der Waals surface area contributed by atoms with Gasteiger partial charge in [-0.05, 0) is 64.8 Å². The maximum Gasteiger partial charge on any atom is 0.230 e. The van der Waals surface area contributed by atoms with Gasteiger partial charge < -0.3 is 14.6 Å². The fourth-order valence-electron chi connectivity index (χ4n) is 2.91. The SMILES string of the molecule is COc1cccc(-c2nc(Oc3ccc(C)cc3Br)c3ccccc3n2)c1O. The van der Waals surface area contributed by atoms with Crippen LogP contribution in [0.5, 0.6) is 23.1 Å². The van der Waals surface area contributed by atoms with Crippen molar-refractivity contribution >= 4 is 26.8 Å². The van der Waals surface area contributed by atoms with Crippen LogP contribution in [0, 0.1) is 6.92 Å². The van der Waals surface area contributed by atoms with E-state index >= 15 is 0 Å². The molecule has 1 heterocycles. The summed E-state index contributed by atoms with van der Waals surface area (Å²) >= 11 is 3.54. The molecule has 0 amide bonds. The highest BCUT2D eigenvalue weighted by Gasteiger charge is 2.16. The number of aryl methyl sites for hydroxylation is 1. The van der Waals surface area contributed by atoms with E-state index in [1.54, 1.807) is 18.2 Å². The zero-order valence-corrected chi connectivity index (χ0v) is 16.9. The summed E-state index contributed by atoms with van der Waals surface area (Å²) in [5, 5.41) is 11.3. The Morgan fingerprint density at radius 2 is 1.75 bits per heavy atom. The Hall–Kier alpha value is -3.12. The van der Waals surface area contributed by atoms with Crippen molar-refractivity contribution in [3.05, 3.63) is 70.7 Å². The Balaban J connectivity index is 1.89. The number of rotatable bonds is 4. The topological polar surface area (TPSA) is 64.5 Å². The molecule has 0 saturated heterocycles. The molecule has 1 aromatic heterocycles. The van der Waals surface area contributed by atoms with Gasteiger partial charge in [0.05, 0.1) is 28.0 Å². The molecule has 0 spiro atoms. The average molecular weight is 437 g/mol. The quantitative estimate of drug-likeness (QED) is 0.432. The molecule has 3 aromatic carbocycles. The van der Waals surface area contributed by atoms with Crippen molar-refractivity contribution in [2.75, 3.05) is 7.11 Å². The van der Waals surface area contributed by atoms with Crippen molar-refractivity contribution in [1.29, 1.82) is 0 Å². The van der Waals surface area contributed by atoms with Gasteiger partial charge in [0.25, 0.3) is 0 Å². The summed E-state index contributed by atoms with van der Waals surface area (Å²) in [5.74, 6) is 1.76. The van der Waals surface area contributed by atoms with E-state index in [9.17, 15) is 5.11 Å². The van der Waals surface area contributed by atoms with E-state index in [1.807, 2.05) is 49.4 Å². The van der Waals surface area contributed by atoms with Gasteiger partial charge in [-0.25, -0.2) is 4.98 Å². The first-order chi connectivity index (χ1) is 13.6. The Labute approximate surface area is 170 Å². The monoisotopic (exact) mass is 436 g/mol. The van der Waals surface area contributed by atoms with Crippen molar-refractivity contribution < 1.29 is 14.6 Å². The Bertz CT molecular complexity index is 1180. The number of hydrogen-bond donors (Lipinski definition) is 1. The fourth-order valence-corrected chi connectivity index (χ4v) is 3.48. The molecule has 28 heavy (non-hydrogen) atoms. The van der Waals surface area contributed by atoms with Crippen molar-refractivity contribution in [3.63, 3.8) is 0 Å². The number of ether oxygens (including phenoxy) is 2. The van der Waals surface area contributed by atoms with E-state index in [0.717, 1.165) is 15.4 Å². The summed E-state index contributed by atoms with van der Waals surface area (Å²) < 4.78 is 12.2. The smallest absolute Gasteiger partial charge is 0.230 e. The summed E-state index contributed by atoms with van der Waals surface area (Å²) in [4.78, 5) is 9.20. The number of phenols is 1. The molecule has 0 atom stereocenters. The number of phenolic OH excluding ortho intramolecular Hbond substituents is 1. The molecule has 0 fully saturated rings. The maximum absolute atomic E-state index is 10.5. The number of nitrogens with zero attached hydrogens (tertiary/aromatic N) is 2. The first kappa shape index (κ1) is 18.3. The average Bonchev–Trinajstić information content (AvgIpc) is 2.70. The van der Waals surface area contributed by atoms with Crippen molar-refractivity contribution in [2.45, 2.75) is 6.92 Å². The van der Waals surface area contributed by atoms with E-state index in [4.69, 9.17) is 9.47 Å². The lowest BCUT2D eigenvalue weighted by Crippen LogP contribution is -1.97. The molecule has 0 bridgehead atoms. The Morgan fingerprint density at radius 1 is 0.929 bits per heavy atom. The third-order valence-electron chi connectivity index (χ3n) is 4.32. The minimum atomic E-state index is -0.0113. The van der Waals surface area contributed by atoms with Crippen LogP contribution in [-0.2, 0) is 0 Å². The van der Waals surface area contributed by atoms with E-state index in [-0.39, 0.29) is 5.75 Å². The lowest BCUT2D eigenvalue weighted by Gasteiger charge is -2.13. The zero-order valence-electron chi connectivity index (χ0n) is 15.3. The highest BCUT2D eigenvalue weighted by atomic mass is 79.9. The first-order valence-electron chi connectivity index (χ1n) is 8.64. The number of aromatic hydroxyl groups is 1. The molecular formula is C22H17BrN2O3. The van der Waals surface area contributed by atoms with Crippen LogP contribution in [0.25, 0.3) is 22.3 Å². The predicted octanol–water partition coefficient (Wildman–Crippen LogP) is 5.87. The van der Waals surface area contributed by atoms with Crippen molar-refractivity contribution in [1.82, 2.24) is 9.97 Å². The Morgan fingerprint density at radius 3 is 2.54 bits per heavy atom. The highest BCUT2D eigenvalue weighted by molar-refractivity contribution is 9.10. The molecule has 0 aliphatic carbocycles. The van der Waals surface area contributed by atoms with E-state index < -0.39 is 0 Å². The molecule has 0 aliphatic heterocycles. The highest BCUT2D eigenvalue weighted by Crippen LogP contribution is 2.38. The minimum absolute atomic E-state index is 0.0113. The van der Waals surface area contributed by atoms with E-state index in [2.05, 4.69) is 25.9 Å². The van der Waals surface area contributed by atoms with Gasteiger partial charge >= 0.3 is 0 Å². The molecule has 4 rings (SSSR count). The molecule has 140 valence electrons. The second-order valence-corrected chi connectivity index (χ2v) is 7.12. The van der Waals surface area contributed by atoms with Crippen molar-refractivity contribution in [3.8, 4) is 34.5 Å². The van der Waals surface area contributed by atoms with Crippen LogP contribution in [0.1, 0.15) is 5.56 Å². The third kappa shape index (κ3) is 3.39. The minimum Gasteiger partial charge on any atom is -0.504 e. The second-order valence-electron chi connectivity index (χ2n) is 6.26. The molecule has 0 saturated carbocycles. The third-order valence-corrected chi connectivity index (χ3v) is 4.94. The maximum atomic E-state index is 10.5. The van der Waals surface area contributed by atoms with Gasteiger partial charge in [0.15, 0.2) is 17.3 Å². The molecule has 1 N–H and O–H groups in total. The number of methoxy groups -OCH3 is 1. The number of benzene rings is 3. The van der Waals surface area contributed by atoms with Gasteiger partial charge in [-0.2, -0.15) is 4.98 Å². The summed E-state index contributed by atoms with van der Waals surface area (Å²) in [6.07, 6.45) is 0. The molecule has 0 aliphatic rings. The number of para-hydroxylation sites is 2. The molecule has 0 radical (unpaired) electrons. The van der Waals surface area contributed by atoms with Gasteiger partial charge in [-0.3, -0.25) is 0 Å². The lowest BCUT2D eigenvalue weighted by molar-refractivity contribution is 0.374. The summed E-state index contributed by atoms with van der Waals surface area (Å²) in [7, 11) is 1.50. The van der Waals surface area contributed by atoms with Gasteiger partial charge in [-0.1, -0.05) is 24.3 Å². The largest absolute Gasteiger partial charge is 0.504 e. The van der Waals surface area contributed by atoms with Crippen LogP contribution in [0.2, 0.25) is 0 Å². The number of aromatic nitrogens is 2.